The second-order valence-electron chi connectivity index (χ2n) is 7.25. The number of hydrogen-bond acceptors (Lipinski definition) is 4. The highest BCUT2D eigenvalue weighted by atomic mass is 32.2. The summed E-state index contributed by atoms with van der Waals surface area (Å²) in [6, 6.07) is 18.2. The van der Waals surface area contributed by atoms with Gasteiger partial charge in [-0.05, 0) is 30.4 Å². The number of hydrogen-bond donors (Lipinski definition) is 2. The zero-order valence-electron chi connectivity index (χ0n) is 16.5. The first-order valence-corrected chi connectivity index (χ1v) is 10.5. The van der Waals surface area contributed by atoms with Gasteiger partial charge in [0, 0.05) is 5.56 Å². The van der Waals surface area contributed by atoms with Crippen molar-refractivity contribution in [2.24, 2.45) is 5.92 Å². The number of rotatable bonds is 8. The summed E-state index contributed by atoms with van der Waals surface area (Å²) in [5, 5.41) is 10.7. The first kappa shape index (κ1) is 20.1. The second-order valence-corrected chi connectivity index (χ2v) is 8.19. The van der Waals surface area contributed by atoms with Crippen molar-refractivity contribution in [3.05, 3.63) is 65.7 Å². The van der Waals surface area contributed by atoms with Gasteiger partial charge in [-0.2, -0.15) is 0 Å². The Morgan fingerprint density at radius 2 is 1.79 bits per heavy atom. The van der Waals surface area contributed by atoms with E-state index in [1.54, 1.807) is 0 Å². The fourth-order valence-electron chi connectivity index (χ4n) is 2.95. The van der Waals surface area contributed by atoms with Crippen molar-refractivity contribution < 1.29 is 4.79 Å². The Morgan fingerprint density at radius 1 is 1.07 bits per heavy atom. The molecule has 3 aromatic rings. The predicted octanol–water partition coefficient (Wildman–Crippen LogP) is 4.64. The molecule has 2 aromatic carbocycles. The molecule has 0 fully saturated rings. The SMILES string of the molecule is CC(C)Cc1ccc([C@@H](C)NC(=O)CSc2n[nH]c(-c3ccccc3)n2)cc1. The largest absolute Gasteiger partial charge is 0.349 e. The lowest BCUT2D eigenvalue weighted by Gasteiger charge is -2.15. The summed E-state index contributed by atoms with van der Waals surface area (Å²) in [6.45, 7) is 6.43. The van der Waals surface area contributed by atoms with E-state index in [0.717, 1.165) is 17.5 Å². The van der Waals surface area contributed by atoms with Crippen molar-refractivity contribution in [3.63, 3.8) is 0 Å². The van der Waals surface area contributed by atoms with Gasteiger partial charge in [0.05, 0.1) is 11.8 Å². The Balaban J connectivity index is 1.49. The standard InChI is InChI=1S/C22H26N4OS/c1-15(2)13-17-9-11-18(12-10-17)16(3)23-20(27)14-28-22-24-21(25-26-22)19-7-5-4-6-8-19/h4-12,15-16H,13-14H2,1-3H3,(H,23,27)(H,24,25,26)/t16-/m1/s1. The zero-order chi connectivity index (χ0) is 19.9. The maximum atomic E-state index is 12.3. The van der Waals surface area contributed by atoms with Crippen LogP contribution in [0.4, 0.5) is 0 Å². The minimum atomic E-state index is -0.0341. The Hall–Kier alpha value is -2.60. The van der Waals surface area contributed by atoms with Crippen molar-refractivity contribution in [3.8, 4) is 11.4 Å². The molecule has 6 heteroatoms. The molecule has 0 spiro atoms. The fourth-order valence-corrected chi connectivity index (χ4v) is 3.56. The van der Waals surface area contributed by atoms with Gasteiger partial charge in [0.2, 0.25) is 11.1 Å². The van der Waals surface area contributed by atoms with Crippen LogP contribution in [0.2, 0.25) is 0 Å². The lowest BCUT2D eigenvalue weighted by atomic mass is 10.00. The van der Waals surface area contributed by atoms with Gasteiger partial charge in [-0.3, -0.25) is 9.89 Å². The summed E-state index contributed by atoms with van der Waals surface area (Å²) in [5.74, 6) is 1.59. The number of aromatic nitrogens is 3. The highest BCUT2D eigenvalue weighted by Crippen LogP contribution is 2.19. The normalized spacial score (nSPS) is 12.1. The van der Waals surface area contributed by atoms with E-state index in [1.807, 2.05) is 37.3 Å². The minimum Gasteiger partial charge on any atom is -0.349 e. The van der Waals surface area contributed by atoms with Gasteiger partial charge < -0.3 is 5.32 Å². The first-order valence-electron chi connectivity index (χ1n) is 9.50. The van der Waals surface area contributed by atoms with Crippen LogP contribution in [0.15, 0.2) is 59.8 Å². The monoisotopic (exact) mass is 394 g/mol. The average molecular weight is 395 g/mol. The van der Waals surface area contributed by atoms with Crippen molar-refractivity contribution in [1.29, 1.82) is 0 Å². The third kappa shape index (κ3) is 5.70. The Morgan fingerprint density at radius 3 is 2.46 bits per heavy atom. The molecule has 5 nitrogen and oxygen atoms in total. The topological polar surface area (TPSA) is 70.7 Å². The van der Waals surface area contributed by atoms with Crippen molar-refractivity contribution in [2.45, 2.75) is 38.4 Å². The number of benzene rings is 2. The molecule has 1 heterocycles. The summed E-state index contributed by atoms with van der Waals surface area (Å²) >= 11 is 1.32. The van der Waals surface area contributed by atoms with Gasteiger partial charge in [0.15, 0.2) is 5.82 Å². The van der Waals surface area contributed by atoms with Gasteiger partial charge in [0.25, 0.3) is 0 Å². The van der Waals surface area contributed by atoms with Crippen molar-refractivity contribution >= 4 is 17.7 Å². The molecular formula is C22H26N4OS. The number of nitrogens with zero attached hydrogens (tertiary/aromatic N) is 2. The molecule has 28 heavy (non-hydrogen) atoms. The zero-order valence-corrected chi connectivity index (χ0v) is 17.3. The molecule has 0 aliphatic carbocycles. The summed E-state index contributed by atoms with van der Waals surface area (Å²) in [6.07, 6.45) is 1.07. The van der Waals surface area contributed by atoms with E-state index in [0.29, 0.717) is 16.9 Å². The average Bonchev–Trinajstić information content (AvgIpc) is 3.16. The minimum absolute atomic E-state index is 0.0326. The van der Waals surface area contributed by atoms with Crippen LogP contribution in [0.5, 0.6) is 0 Å². The van der Waals surface area contributed by atoms with Crippen LogP contribution in [-0.2, 0) is 11.2 Å². The van der Waals surface area contributed by atoms with Gasteiger partial charge in [-0.15, -0.1) is 5.10 Å². The van der Waals surface area contributed by atoms with E-state index in [2.05, 4.69) is 58.6 Å². The first-order chi connectivity index (χ1) is 13.5. The fraction of sp³-hybridized carbons (Fsp3) is 0.318. The molecule has 0 unspecified atom stereocenters. The highest BCUT2D eigenvalue weighted by Gasteiger charge is 2.12. The number of carbonyl (C=O) groups excluding carboxylic acids is 1. The van der Waals surface area contributed by atoms with Crippen LogP contribution in [0.3, 0.4) is 0 Å². The number of nitrogens with one attached hydrogen (secondary N) is 2. The van der Waals surface area contributed by atoms with Crippen LogP contribution < -0.4 is 5.32 Å². The molecule has 0 saturated heterocycles. The van der Waals surface area contributed by atoms with Gasteiger partial charge in [-0.1, -0.05) is 80.2 Å². The lowest BCUT2D eigenvalue weighted by Crippen LogP contribution is -2.28. The van der Waals surface area contributed by atoms with E-state index < -0.39 is 0 Å². The second kappa shape index (κ2) is 9.55. The molecule has 0 bridgehead atoms. The van der Waals surface area contributed by atoms with Crippen LogP contribution >= 0.6 is 11.8 Å². The van der Waals surface area contributed by atoms with Crippen LogP contribution in [0.25, 0.3) is 11.4 Å². The van der Waals surface area contributed by atoms with Crippen LogP contribution in [0.1, 0.15) is 37.9 Å². The molecule has 2 N–H and O–H groups in total. The van der Waals surface area contributed by atoms with E-state index in [-0.39, 0.29) is 17.7 Å². The summed E-state index contributed by atoms with van der Waals surface area (Å²) in [5.41, 5.74) is 3.41. The maximum absolute atomic E-state index is 12.3. The molecule has 1 atom stereocenters. The van der Waals surface area contributed by atoms with E-state index >= 15 is 0 Å². The van der Waals surface area contributed by atoms with Gasteiger partial charge >= 0.3 is 0 Å². The molecule has 0 radical (unpaired) electrons. The molecule has 146 valence electrons. The molecule has 0 aliphatic heterocycles. The Labute approximate surface area is 170 Å². The van der Waals surface area contributed by atoms with E-state index in [1.165, 1.54) is 17.3 Å². The molecular weight excluding hydrogens is 368 g/mol. The molecule has 0 aliphatic rings. The van der Waals surface area contributed by atoms with Gasteiger partial charge in [0.1, 0.15) is 0 Å². The lowest BCUT2D eigenvalue weighted by molar-refractivity contribution is -0.119. The molecule has 0 saturated carbocycles. The van der Waals surface area contributed by atoms with Gasteiger partial charge in [-0.25, -0.2) is 4.98 Å². The molecule has 1 aromatic heterocycles. The quantitative estimate of drug-likeness (QED) is 0.546. The third-order valence-electron chi connectivity index (χ3n) is 4.35. The number of aromatic amines is 1. The highest BCUT2D eigenvalue weighted by molar-refractivity contribution is 7.99. The predicted molar refractivity (Wildman–Crippen MR) is 114 cm³/mol. The Kier molecular flexibility index (Phi) is 6.87. The number of amides is 1. The summed E-state index contributed by atoms with van der Waals surface area (Å²) in [7, 11) is 0. The Bertz CT molecular complexity index is 890. The number of thioether (sulfide) groups is 1. The maximum Gasteiger partial charge on any atom is 0.230 e. The van der Waals surface area contributed by atoms with Crippen molar-refractivity contribution in [1.82, 2.24) is 20.5 Å². The third-order valence-corrected chi connectivity index (χ3v) is 5.19. The van der Waals surface area contributed by atoms with E-state index in [9.17, 15) is 4.79 Å². The number of carbonyl (C=O) groups is 1. The van der Waals surface area contributed by atoms with Crippen LogP contribution in [0, 0.1) is 5.92 Å². The summed E-state index contributed by atoms with van der Waals surface area (Å²) < 4.78 is 0. The van der Waals surface area contributed by atoms with E-state index in [4.69, 9.17) is 0 Å². The van der Waals surface area contributed by atoms with Crippen molar-refractivity contribution in [2.75, 3.05) is 5.75 Å². The molecule has 3 rings (SSSR count). The molecule has 1 amide bonds. The smallest absolute Gasteiger partial charge is 0.230 e. The van der Waals surface area contributed by atoms with Crippen LogP contribution in [-0.4, -0.2) is 26.8 Å². The summed E-state index contributed by atoms with van der Waals surface area (Å²) in [4.78, 5) is 16.7. The number of H-pyrrole nitrogens is 1.